The molecule has 1 amide bonds. The fourth-order valence-electron chi connectivity index (χ4n) is 2.53. The van der Waals surface area contributed by atoms with Gasteiger partial charge in [0.2, 0.25) is 5.91 Å². The third-order valence-corrected chi connectivity index (χ3v) is 3.63. The number of rotatable bonds is 2. The first kappa shape index (κ1) is 11.9. The summed E-state index contributed by atoms with van der Waals surface area (Å²) in [6.07, 6.45) is 3.38. The van der Waals surface area contributed by atoms with Gasteiger partial charge in [0.25, 0.3) is 0 Å². The summed E-state index contributed by atoms with van der Waals surface area (Å²) in [6, 6.07) is -0.00407. The van der Waals surface area contributed by atoms with Crippen molar-refractivity contribution in [3.05, 3.63) is 0 Å². The lowest BCUT2D eigenvalue weighted by molar-refractivity contribution is -0.134. The number of nitrogens with one attached hydrogen (secondary N) is 1. The summed E-state index contributed by atoms with van der Waals surface area (Å²) in [5.74, 6) is 0.115. The first-order chi connectivity index (χ1) is 7.68. The number of likely N-dealkylation sites (tertiary alicyclic amines) is 1. The fourth-order valence-corrected chi connectivity index (χ4v) is 2.53. The van der Waals surface area contributed by atoms with Gasteiger partial charge in [0.05, 0.1) is 6.04 Å². The average molecular weight is 226 g/mol. The molecule has 90 valence electrons. The van der Waals surface area contributed by atoms with Crippen LogP contribution in [-0.2, 0) is 4.79 Å². The van der Waals surface area contributed by atoms with Crippen LogP contribution in [0.1, 0.15) is 25.7 Å². The van der Waals surface area contributed by atoms with Crippen molar-refractivity contribution in [3.8, 4) is 0 Å². The molecule has 16 heavy (non-hydrogen) atoms. The minimum Gasteiger partial charge on any atom is -0.427 e. The van der Waals surface area contributed by atoms with Gasteiger partial charge in [0.1, 0.15) is 0 Å². The standard InChI is InChI=1S/C10H19BN2O3/c14-10(9-2-1-5-12-9)13-6-3-8(4-7-13)11(15)16/h8-9,12,15-16H,1-7H2. The Morgan fingerprint density at radius 1 is 1.25 bits per heavy atom. The molecule has 0 aliphatic carbocycles. The average Bonchev–Trinajstić information content (AvgIpc) is 2.81. The zero-order valence-electron chi connectivity index (χ0n) is 9.43. The van der Waals surface area contributed by atoms with E-state index in [0.29, 0.717) is 25.9 Å². The second-order valence-corrected chi connectivity index (χ2v) is 4.73. The van der Waals surface area contributed by atoms with E-state index in [1.165, 1.54) is 0 Å². The molecule has 2 aliphatic rings. The zero-order valence-corrected chi connectivity index (χ0v) is 9.43. The Hall–Kier alpha value is -0.585. The highest BCUT2D eigenvalue weighted by molar-refractivity contribution is 6.43. The van der Waals surface area contributed by atoms with Crippen molar-refractivity contribution in [1.82, 2.24) is 10.2 Å². The smallest absolute Gasteiger partial charge is 0.427 e. The van der Waals surface area contributed by atoms with E-state index in [2.05, 4.69) is 5.32 Å². The van der Waals surface area contributed by atoms with Gasteiger partial charge in [-0.25, -0.2) is 0 Å². The first-order valence-corrected chi connectivity index (χ1v) is 6.07. The van der Waals surface area contributed by atoms with E-state index in [1.54, 1.807) is 0 Å². The Morgan fingerprint density at radius 3 is 2.44 bits per heavy atom. The van der Waals surface area contributed by atoms with E-state index in [4.69, 9.17) is 10.0 Å². The molecular formula is C10H19BN2O3. The minimum atomic E-state index is -1.23. The minimum absolute atomic E-state index is 0.00407. The van der Waals surface area contributed by atoms with E-state index in [1.807, 2.05) is 4.90 Å². The second-order valence-electron chi connectivity index (χ2n) is 4.73. The summed E-state index contributed by atoms with van der Waals surface area (Å²) < 4.78 is 0. The molecule has 2 fully saturated rings. The van der Waals surface area contributed by atoms with E-state index < -0.39 is 7.12 Å². The first-order valence-electron chi connectivity index (χ1n) is 6.07. The number of carbonyl (C=O) groups is 1. The van der Waals surface area contributed by atoms with E-state index in [-0.39, 0.29) is 17.8 Å². The molecule has 0 spiro atoms. The van der Waals surface area contributed by atoms with E-state index in [0.717, 1.165) is 19.4 Å². The van der Waals surface area contributed by atoms with Crippen molar-refractivity contribution in [2.45, 2.75) is 37.5 Å². The Morgan fingerprint density at radius 2 is 1.94 bits per heavy atom. The normalized spacial score (nSPS) is 27.1. The zero-order chi connectivity index (χ0) is 11.5. The van der Waals surface area contributed by atoms with Gasteiger partial charge in [-0.15, -0.1) is 0 Å². The van der Waals surface area contributed by atoms with Gasteiger partial charge in [-0.3, -0.25) is 4.79 Å². The maximum Gasteiger partial charge on any atom is 0.454 e. The molecule has 6 heteroatoms. The Balaban J connectivity index is 1.81. The molecule has 2 rings (SSSR count). The lowest BCUT2D eigenvalue weighted by Gasteiger charge is -2.33. The molecule has 0 bridgehead atoms. The van der Waals surface area contributed by atoms with E-state index >= 15 is 0 Å². The topological polar surface area (TPSA) is 72.8 Å². The lowest BCUT2D eigenvalue weighted by atomic mass is 9.67. The third-order valence-electron chi connectivity index (χ3n) is 3.63. The number of carbonyl (C=O) groups excluding carboxylic acids is 1. The van der Waals surface area contributed by atoms with Crippen molar-refractivity contribution < 1.29 is 14.8 Å². The summed E-state index contributed by atoms with van der Waals surface area (Å²) in [7, 11) is -1.23. The van der Waals surface area contributed by atoms with Gasteiger partial charge >= 0.3 is 7.12 Å². The van der Waals surface area contributed by atoms with Crippen molar-refractivity contribution >= 4 is 13.0 Å². The Kier molecular flexibility index (Phi) is 3.84. The molecule has 1 unspecified atom stereocenters. The SMILES string of the molecule is O=C(C1CCCN1)N1CCC(B(O)O)CC1. The molecule has 2 heterocycles. The maximum absolute atomic E-state index is 12.0. The summed E-state index contributed by atoms with van der Waals surface area (Å²) in [6.45, 7) is 2.24. The van der Waals surface area contributed by atoms with E-state index in [9.17, 15) is 4.79 Å². The molecule has 0 aromatic heterocycles. The number of amides is 1. The predicted molar refractivity (Wildman–Crippen MR) is 60.8 cm³/mol. The van der Waals surface area contributed by atoms with Crippen LogP contribution in [0.3, 0.4) is 0 Å². The number of nitrogens with zero attached hydrogens (tertiary/aromatic N) is 1. The van der Waals surface area contributed by atoms with Gasteiger partial charge in [0.15, 0.2) is 0 Å². The second kappa shape index (κ2) is 5.16. The molecular weight excluding hydrogens is 207 g/mol. The molecule has 1 atom stereocenters. The highest BCUT2D eigenvalue weighted by atomic mass is 16.4. The van der Waals surface area contributed by atoms with Crippen LogP contribution >= 0.6 is 0 Å². The fraction of sp³-hybridized carbons (Fsp3) is 0.900. The molecule has 2 aliphatic heterocycles. The van der Waals surface area contributed by atoms with Gasteiger partial charge in [0, 0.05) is 13.1 Å². The third kappa shape index (κ3) is 2.56. The Bertz CT molecular complexity index is 248. The Labute approximate surface area is 96.0 Å². The largest absolute Gasteiger partial charge is 0.454 e. The van der Waals surface area contributed by atoms with Gasteiger partial charge < -0.3 is 20.3 Å². The summed E-state index contributed by atoms with van der Waals surface area (Å²) in [5.41, 5.74) is 0. The highest BCUT2D eigenvalue weighted by Gasteiger charge is 2.33. The van der Waals surface area contributed by atoms with Crippen LogP contribution in [0.2, 0.25) is 5.82 Å². The molecule has 5 nitrogen and oxygen atoms in total. The highest BCUT2D eigenvalue weighted by Crippen LogP contribution is 2.24. The number of hydrogen-bond acceptors (Lipinski definition) is 4. The molecule has 0 radical (unpaired) electrons. The van der Waals surface area contributed by atoms with Crippen molar-refractivity contribution in [2.24, 2.45) is 0 Å². The quantitative estimate of drug-likeness (QED) is 0.539. The van der Waals surface area contributed by atoms with Crippen LogP contribution in [-0.4, -0.2) is 53.6 Å². The van der Waals surface area contributed by atoms with Gasteiger partial charge in [-0.05, 0) is 38.0 Å². The van der Waals surface area contributed by atoms with Gasteiger partial charge in [-0.1, -0.05) is 0 Å². The number of hydrogen-bond donors (Lipinski definition) is 3. The van der Waals surface area contributed by atoms with Crippen molar-refractivity contribution in [2.75, 3.05) is 19.6 Å². The van der Waals surface area contributed by atoms with Gasteiger partial charge in [-0.2, -0.15) is 0 Å². The molecule has 3 N–H and O–H groups in total. The van der Waals surface area contributed by atoms with Crippen LogP contribution < -0.4 is 5.32 Å². The van der Waals surface area contributed by atoms with Crippen LogP contribution in [0.25, 0.3) is 0 Å². The van der Waals surface area contributed by atoms with Crippen LogP contribution in [0.4, 0.5) is 0 Å². The monoisotopic (exact) mass is 226 g/mol. The molecule has 0 aromatic carbocycles. The maximum atomic E-state index is 12.0. The van der Waals surface area contributed by atoms with Crippen LogP contribution in [0, 0.1) is 0 Å². The van der Waals surface area contributed by atoms with Crippen LogP contribution in [0.15, 0.2) is 0 Å². The molecule has 0 aromatic rings. The predicted octanol–water partition coefficient (Wildman–Crippen LogP) is -0.796. The number of piperidine rings is 1. The van der Waals surface area contributed by atoms with Crippen molar-refractivity contribution in [1.29, 1.82) is 0 Å². The van der Waals surface area contributed by atoms with Crippen LogP contribution in [0.5, 0.6) is 0 Å². The van der Waals surface area contributed by atoms with Crippen molar-refractivity contribution in [3.63, 3.8) is 0 Å². The summed E-state index contributed by atoms with van der Waals surface area (Å²) in [5, 5.41) is 21.3. The summed E-state index contributed by atoms with van der Waals surface area (Å²) >= 11 is 0. The molecule has 2 saturated heterocycles. The lowest BCUT2D eigenvalue weighted by Crippen LogP contribution is -2.47. The molecule has 0 saturated carbocycles. The summed E-state index contributed by atoms with van der Waals surface area (Å²) in [4.78, 5) is 13.9.